The first-order valence-electron chi connectivity index (χ1n) is 7.75. The molecule has 0 bridgehead atoms. The van der Waals surface area contributed by atoms with Crippen molar-refractivity contribution in [2.45, 2.75) is 38.6 Å². The van der Waals surface area contributed by atoms with Crippen molar-refractivity contribution in [3.63, 3.8) is 0 Å². The van der Waals surface area contributed by atoms with E-state index < -0.39 is 0 Å². The van der Waals surface area contributed by atoms with Crippen LogP contribution in [0.25, 0.3) is 0 Å². The smallest absolute Gasteiger partial charge is 0.0731 e. The van der Waals surface area contributed by atoms with Crippen molar-refractivity contribution in [3.05, 3.63) is 56.2 Å². The third-order valence-corrected chi connectivity index (χ3v) is 6.51. The van der Waals surface area contributed by atoms with Crippen LogP contribution in [0.15, 0.2) is 40.2 Å². The van der Waals surface area contributed by atoms with Crippen LogP contribution in [-0.2, 0) is 0 Å². The second-order valence-electron chi connectivity index (χ2n) is 5.95. The summed E-state index contributed by atoms with van der Waals surface area (Å²) in [6, 6.07) is 13.8. The zero-order valence-electron chi connectivity index (χ0n) is 12.6. The molecule has 112 valence electrons. The van der Waals surface area contributed by atoms with E-state index in [9.17, 15) is 0 Å². The second-order valence-corrected chi connectivity index (χ2v) is 8.36. The molecule has 1 nitrogen and oxygen atoms in total. The Labute approximate surface area is 139 Å². The van der Waals surface area contributed by atoms with Gasteiger partial charge >= 0.3 is 0 Å². The molecule has 0 spiro atoms. The fourth-order valence-corrected chi connectivity index (χ4v) is 4.79. The molecule has 1 saturated carbocycles. The average molecular weight is 364 g/mol. The van der Waals surface area contributed by atoms with Crippen molar-refractivity contribution in [3.8, 4) is 0 Å². The van der Waals surface area contributed by atoms with Gasteiger partial charge in [0.15, 0.2) is 0 Å². The maximum atomic E-state index is 3.78. The summed E-state index contributed by atoms with van der Waals surface area (Å²) in [7, 11) is 0. The summed E-state index contributed by atoms with van der Waals surface area (Å²) in [6.45, 7) is 5.51. The molecule has 0 saturated heterocycles. The summed E-state index contributed by atoms with van der Waals surface area (Å²) in [6.07, 6.45) is 2.49. The molecule has 1 aromatic carbocycles. The molecule has 1 aliphatic rings. The lowest BCUT2D eigenvalue weighted by atomic mass is 10.0. The molecule has 1 aromatic heterocycles. The lowest BCUT2D eigenvalue weighted by Crippen LogP contribution is -2.23. The Morgan fingerprint density at radius 3 is 2.71 bits per heavy atom. The van der Waals surface area contributed by atoms with Gasteiger partial charge in [0.1, 0.15) is 0 Å². The second kappa shape index (κ2) is 6.64. The molecule has 21 heavy (non-hydrogen) atoms. The monoisotopic (exact) mass is 363 g/mol. The van der Waals surface area contributed by atoms with Gasteiger partial charge in [0, 0.05) is 10.9 Å². The van der Waals surface area contributed by atoms with E-state index in [0.717, 1.165) is 18.4 Å². The highest BCUT2D eigenvalue weighted by Crippen LogP contribution is 2.55. The highest BCUT2D eigenvalue weighted by Gasteiger charge is 2.44. The van der Waals surface area contributed by atoms with Crippen molar-refractivity contribution in [1.29, 1.82) is 0 Å². The Morgan fingerprint density at radius 2 is 2.10 bits per heavy atom. The third-order valence-electron chi connectivity index (χ3n) is 4.29. The fraction of sp³-hybridized carbons (Fsp3) is 0.444. The first-order valence-corrected chi connectivity index (χ1v) is 9.35. The van der Waals surface area contributed by atoms with Gasteiger partial charge in [-0.15, -0.1) is 11.3 Å². The predicted molar refractivity (Wildman–Crippen MR) is 95.1 cm³/mol. The molecular formula is C18H22BrNS. The van der Waals surface area contributed by atoms with E-state index in [1.165, 1.54) is 32.6 Å². The molecule has 1 N–H and O–H groups in total. The number of thiophene rings is 1. The SMILES string of the molecule is CCCNC(c1cc(C)c(Br)s1)C1CC1c1ccccc1. The van der Waals surface area contributed by atoms with E-state index in [0.29, 0.717) is 6.04 Å². The van der Waals surface area contributed by atoms with E-state index in [4.69, 9.17) is 0 Å². The van der Waals surface area contributed by atoms with Gasteiger partial charge < -0.3 is 5.32 Å². The van der Waals surface area contributed by atoms with E-state index in [-0.39, 0.29) is 0 Å². The molecule has 0 aliphatic heterocycles. The summed E-state index contributed by atoms with van der Waals surface area (Å²) in [5, 5.41) is 3.78. The Hall–Kier alpha value is -0.640. The summed E-state index contributed by atoms with van der Waals surface area (Å²) in [5.74, 6) is 1.46. The first-order chi connectivity index (χ1) is 10.2. The summed E-state index contributed by atoms with van der Waals surface area (Å²) >= 11 is 5.57. The van der Waals surface area contributed by atoms with E-state index in [2.05, 4.69) is 71.5 Å². The van der Waals surface area contributed by atoms with Crippen molar-refractivity contribution in [2.75, 3.05) is 6.54 Å². The van der Waals surface area contributed by atoms with Crippen molar-refractivity contribution < 1.29 is 0 Å². The van der Waals surface area contributed by atoms with Gasteiger partial charge in [-0.05, 0) is 71.3 Å². The van der Waals surface area contributed by atoms with Crippen molar-refractivity contribution >= 4 is 27.3 Å². The summed E-state index contributed by atoms with van der Waals surface area (Å²) < 4.78 is 1.28. The van der Waals surface area contributed by atoms with Gasteiger partial charge in [0.05, 0.1) is 3.79 Å². The van der Waals surface area contributed by atoms with Gasteiger partial charge in [-0.2, -0.15) is 0 Å². The number of aryl methyl sites for hydroxylation is 1. The normalized spacial score (nSPS) is 22.2. The summed E-state index contributed by atoms with van der Waals surface area (Å²) in [4.78, 5) is 1.48. The molecule has 3 rings (SSSR count). The molecule has 1 heterocycles. The molecule has 0 radical (unpaired) electrons. The Bertz CT molecular complexity index is 573. The minimum Gasteiger partial charge on any atom is -0.309 e. The number of nitrogens with one attached hydrogen (secondary N) is 1. The third kappa shape index (κ3) is 3.41. The lowest BCUT2D eigenvalue weighted by Gasteiger charge is -2.17. The van der Waals surface area contributed by atoms with E-state index in [1.54, 1.807) is 0 Å². The number of benzene rings is 1. The maximum Gasteiger partial charge on any atom is 0.0731 e. The number of hydrogen-bond donors (Lipinski definition) is 1. The lowest BCUT2D eigenvalue weighted by molar-refractivity contribution is 0.480. The zero-order chi connectivity index (χ0) is 14.8. The van der Waals surface area contributed by atoms with Crippen molar-refractivity contribution in [1.82, 2.24) is 5.32 Å². The highest BCUT2D eigenvalue weighted by molar-refractivity contribution is 9.11. The Morgan fingerprint density at radius 1 is 1.33 bits per heavy atom. The van der Waals surface area contributed by atoms with Crippen LogP contribution in [0.5, 0.6) is 0 Å². The minimum atomic E-state index is 0.505. The quantitative estimate of drug-likeness (QED) is 0.697. The molecule has 1 aliphatic carbocycles. The van der Waals surface area contributed by atoms with Crippen LogP contribution in [0.4, 0.5) is 0 Å². The molecular weight excluding hydrogens is 342 g/mol. The van der Waals surface area contributed by atoms with E-state index >= 15 is 0 Å². The maximum absolute atomic E-state index is 3.78. The fourth-order valence-electron chi connectivity index (χ4n) is 3.07. The number of halogens is 1. The largest absolute Gasteiger partial charge is 0.309 e. The van der Waals surface area contributed by atoms with Crippen LogP contribution in [0.1, 0.15) is 47.7 Å². The van der Waals surface area contributed by atoms with Crippen LogP contribution in [-0.4, -0.2) is 6.54 Å². The topological polar surface area (TPSA) is 12.0 Å². The molecule has 2 aromatic rings. The standard InChI is InChI=1S/C18H22BrNS/c1-3-9-20-17(16-10-12(2)18(19)21-16)15-11-14(15)13-7-5-4-6-8-13/h4-8,10,14-15,17,20H,3,9,11H2,1-2H3. The minimum absolute atomic E-state index is 0.505. The van der Waals surface area contributed by atoms with Crippen LogP contribution in [0, 0.1) is 12.8 Å². The van der Waals surface area contributed by atoms with Crippen LogP contribution < -0.4 is 5.32 Å². The first kappa shape index (κ1) is 15.3. The van der Waals surface area contributed by atoms with Crippen LogP contribution >= 0.6 is 27.3 Å². The van der Waals surface area contributed by atoms with Crippen LogP contribution in [0.2, 0.25) is 0 Å². The molecule has 3 atom stereocenters. The predicted octanol–water partition coefficient (Wildman–Crippen LogP) is 5.66. The molecule has 3 unspecified atom stereocenters. The van der Waals surface area contributed by atoms with Gasteiger partial charge in [-0.3, -0.25) is 0 Å². The van der Waals surface area contributed by atoms with Crippen LogP contribution in [0.3, 0.4) is 0 Å². The molecule has 0 amide bonds. The van der Waals surface area contributed by atoms with E-state index in [1.807, 2.05) is 11.3 Å². The van der Waals surface area contributed by atoms with Crippen molar-refractivity contribution in [2.24, 2.45) is 5.92 Å². The Kier molecular flexibility index (Phi) is 4.82. The van der Waals surface area contributed by atoms with Gasteiger partial charge in [0.2, 0.25) is 0 Å². The van der Waals surface area contributed by atoms with Gasteiger partial charge in [-0.1, -0.05) is 37.3 Å². The summed E-state index contributed by atoms with van der Waals surface area (Å²) in [5.41, 5.74) is 2.85. The van der Waals surface area contributed by atoms with Gasteiger partial charge in [-0.25, -0.2) is 0 Å². The highest BCUT2D eigenvalue weighted by atomic mass is 79.9. The average Bonchev–Trinajstić information content (AvgIpc) is 3.21. The number of hydrogen-bond acceptors (Lipinski definition) is 2. The molecule has 1 fully saturated rings. The zero-order valence-corrected chi connectivity index (χ0v) is 15.0. The molecule has 3 heteroatoms. The van der Waals surface area contributed by atoms with Gasteiger partial charge in [0.25, 0.3) is 0 Å². The Balaban J connectivity index is 1.78. The number of rotatable bonds is 6.